The fourth-order valence-electron chi connectivity index (χ4n) is 4.28. The SMILES string of the molecule is CC(=O)OC(c1ccc(Cl)c2nc3n(c12)CCCN3c1ccc(Cl)cc1Cl)C1CC1. The zero-order valence-electron chi connectivity index (χ0n) is 16.4. The third kappa shape index (κ3) is 3.43. The zero-order valence-corrected chi connectivity index (χ0v) is 18.6. The summed E-state index contributed by atoms with van der Waals surface area (Å²) >= 11 is 19.1. The Balaban J connectivity index is 1.69. The lowest BCUT2D eigenvalue weighted by atomic mass is 10.0. The number of imidazole rings is 1. The maximum absolute atomic E-state index is 11.8. The van der Waals surface area contributed by atoms with Crippen molar-refractivity contribution in [3.8, 4) is 0 Å². The third-order valence-electron chi connectivity index (χ3n) is 5.71. The molecule has 1 atom stereocenters. The molecular formula is C22H20Cl3N3O2. The van der Waals surface area contributed by atoms with Crippen LogP contribution in [-0.2, 0) is 16.1 Å². The van der Waals surface area contributed by atoms with Gasteiger partial charge in [0, 0.05) is 36.5 Å². The van der Waals surface area contributed by atoms with Crippen molar-refractivity contribution in [2.75, 3.05) is 11.4 Å². The van der Waals surface area contributed by atoms with Crippen LogP contribution >= 0.6 is 34.8 Å². The minimum Gasteiger partial charge on any atom is -0.457 e. The van der Waals surface area contributed by atoms with Gasteiger partial charge in [0.2, 0.25) is 5.95 Å². The average Bonchev–Trinajstić information content (AvgIpc) is 3.46. The Morgan fingerprint density at radius 2 is 1.93 bits per heavy atom. The Hall–Kier alpha value is -1.95. The van der Waals surface area contributed by atoms with Crippen LogP contribution in [0.3, 0.4) is 0 Å². The van der Waals surface area contributed by atoms with Gasteiger partial charge in [-0.3, -0.25) is 4.79 Å². The maximum atomic E-state index is 11.8. The topological polar surface area (TPSA) is 47.4 Å². The number of hydrogen-bond acceptors (Lipinski definition) is 4. The van der Waals surface area contributed by atoms with E-state index in [1.807, 2.05) is 24.3 Å². The molecule has 1 aliphatic heterocycles. The van der Waals surface area contributed by atoms with Crippen LogP contribution in [-0.4, -0.2) is 22.1 Å². The monoisotopic (exact) mass is 463 g/mol. The number of anilines is 2. The number of nitrogens with zero attached hydrogens (tertiary/aromatic N) is 3. The molecular weight excluding hydrogens is 445 g/mol. The second-order valence-electron chi connectivity index (χ2n) is 7.87. The molecule has 1 aliphatic carbocycles. The minimum absolute atomic E-state index is 0.275. The van der Waals surface area contributed by atoms with Gasteiger partial charge in [0.05, 0.1) is 21.2 Å². The van der Waals surface area contributed by atoms with Crippen molar-refractivity contribution in [3.05, 3.63) is 51.0 Å². The van der Waals surface area contributed by atoms with Crippen LogP contribution < -0.4 is 4.90 Å². The quantitative estimate of drug-likeness (QED) is 0.411. The molecule has 0 N–H and O–H groups in total. The Labute approximate surface area is 189 Å². The molecule has 1 saturated carbocycles. The molecule has 5 nitrogen and oxygen atoms in total. The number of carbonyl (C=O) groups is 1. The van der Waals surface area contributed by atoms with Crippen molar-refractivity contribution >= 4 is 63.4 Å². The highest BCUT2D eigenvalue weighted by molar-refractivity contribution is 6.36. The Bertz CT molecular complexity index is 1160. The molecule has 1 fully saturated rings. The van der Waals surface area contributed by atoms with Crippen LogP contribution in [0, 0.1) is 5.92 Å². The van der Waals surface area contributed by atoms with Gasteiger partial charge in [0.15, 0.2) is 0 Å². The lowest BCUT2D eigenvalue weighted by Gasteiger charge is -2.30. The molecule has 1 aromatic heterocycles. The van der Waals surface area contributed by atoms with Crippen LogP contribution in [0.15, 0.2) is 30.3 Å². The van der Waals surface area contributed by atoms with E-state index in [1.54, 1.807) is 6.07 Å². The standard InChI is InChI=1S/C22H20Cl3N3O2/c1-12(29)30-21(13-3-4-13)15-6-7-16(24)19-20(15)28-10-2-9-27(22(28)26-19)18-8-5-14(23)11-17(18)25/h5-8,11,13,21H,2-4,9-10H2,1H3. The van der Waals surface area contributed by atoms with Gasteiger partial charge in [0.1, 0.15) is 11.6 Å². The summed E-state index contributed by atoms with van der Waals surface area (Å²) in [7, 11) is 0. The van der Waals surface area contributed by atoms with Gasteiger partial charge in [-0.2, -0.15) is 0 Å². The number of carbonyl (C=O) groups excluding carboxylic acids is 1. The van der Waals surface area contributed by atoms with Crippen LogP contribution in [0.25, 0.3) is 11.0 Å². The number of ether oxygens (including phenoxy) is 1. The van der Waals surface area contributed by atoms with Crippen molar-refractivity contribution in [3.63, 3.8) is 0 Å². The first-order valence-electron chi connectivity index (χ1n) is 10.0. The highest BCUT2D eigenvalue weighted by Gasteiger charge is 2.37. The molecule has 0 radical (unpaired) electrons. The zero-order chi connectivity index (χ0) is 21.0. The van der Waals surface area contributed by atoms with Gasteiger partial charge in [0.25, 0.3) is 0 Å². The fraction of sp³-hybridized carbons (Fsp3) is 0.364. The van der Waals surface area contributed by atoms with Gasteiger partial charge in [-0.15, -0.1) is 0 Å². The van der Waals surface area contributed by atoms with Crippen molar-refractivity contribution < 1.29 is 9.53 Å². The Morgan fingerprint density at radius 3 is 2.63 bits per heavy atom. The van der Waals surface area contributed by atoms with Gasteiger partial charge in [-0.25, -0.2) is 4.98 Å². The molecule has 2 heterocycles. The van der Waals surface area contributed by atoms with Crippen LogP contribution in [0.1, 0.15) is 37.9 Å². The second kappa shape index (κ2) is 7.63. The van der Waals surface area contributed by atoms with E-state index in [0.717, 1.165) is 60.6 Å². The largest absolute Gasteiger partial charge is 0.457 e. The maximum Gasteiger partial charge on any atom is 0.303 e. The minimum atomic E-state index is -0.280. The summed E-state index contributed by atoms with van der Waals surface area (Å²) in [4.78, 5) is 18.8. The first-order chi connectivity index (χ1) is 14.4. The highest BCUT2D eigenvalue weighted by Crippen LogP contribution is 2.47. The summed E-state index contributed by atoms with van der Waals surface area (Å²) in [6.45, 7) is 3.05. The number of benzene rings is 2. The van der Waals surface area contributed by atoms with E-state index in [-0.39, 0.29) is 12.1 Å². The average molecular weight is 465 g/mol. The molecule has 0 amide bonds. The molecule has 2 aromatic carbocycles. The van der Waals surface area contributed by atoms with E-state index >= 15 is 0 Å². The van der Waals surface area contributed by atoms with Gasteiger partial charge < -0.3 is 14.2 Å². The third-order valence-corrected chi connectivity index (χ3v) is 6.55. The molecule has 156 valence electrons. The molecule has 5 rings (SSSR count). The molecule has 1 unspecified atom stereocenters. The summed E-state index contributed by atoms with van der Waals surface area (Å²) in [5, 5.41) is 1.74. The molecule has 0 spiro atoms. The molecule has 0 saturated heterocycles. The Kier molecular flexibility index (Phi) is 5.08. The van der Waals surface area contributed by atoms with Crippen molar-refractivity contribution in [1.82, 2.24) is 9.55 Å². The predicted octanol–water partition coefficient (Wildman–Crippen LogP) is 6.55. The first kappa shape index (κ1) is 20.0. The van der Waals surface area contributed by atoms with E-state index in [1.165, 1.54) is 6.92 Å². The van der Waals surface area contributed by atoms with Crippen LogP contribution in [0.5, 0.6) is 0 Å². The van der Waals surface area contributed by atoms with Crippen LogP contribution in [0.2, 0.25) is 15.1 Å². The summed E-state index contributed by atoms with van der Waals surface area (Å²) in [6.07, 6.45) is 2.74. The van der Waals surface area contributed by atoms with E-state index in [4.69, 9.17) is 44.5 Å². The Morgan fingerprint density at radius 1 is 1.13 bits per heavy atom. The van der Waals surface area contributed by atoms with E-state index in [2.05, 4.69) is 9.47 Å². The normalized spacial score (nSPS) is 17.1. The molecule has 8 heteroatoms. The van der Waals surface area contributed by atoms with Gasteiger partial charge in [-0.05, 0) is 43.5 Å². The number of aromatic nitrogens is 2. The molecule has 2 aliphatic rings. The number of rotatable bonds is 4. The second-order valence-corrected chi connectivity index (χ2v) is 9.12. The smallest absolute Gasteiger partial charge is 0.303 e. The first-order valence-corrected chi connectivity index (χ1v) is 11.2. The number of halogens is 3. The van der Waals surface area contributed by atoms with Gasteiger partial charge in [-0.1, -0.05) is 40.9 Å². The molecule has 0 bridgehead atoms. The van der Waals surface area contributed by atoms with E-state index in [9.17, 15) is 4.79 Å². The number of aryl methyl sites for hydroxylation is 1. The fourth-order valence-corrected chi connectivity index (χ4v) is 4.98. The summed E-state index contributed by atoms with van der Waals surface area (Å²) in [5.41, 5.74) is 3.48. The van der Waals surface area contributed by atoms with E-state index in [0.29, 0.717) is 21.0 Å². The van der Waals surface area contributed by atoms with Gasteiger partial charge >= 0.3 is 5.97 Å². The number of fused-ring (bicyclic) bond motifs is 3. The van der Waals surface area contributed by atoms with Crippen molar-refractivity contribution in [1.29, 1.82) is 0 Å². The van der Waals surface area contributed by atoms with Crippen molar-refractivity contribution in [2.24, 2.45) is 5.92 Å². The number of hydrogen-bond donors (Lipinski definition) is 0. The summed E-state index contributed by atoms with van der Waals surface area (Å²) < 4.78 is 7.91. The highest BCUT2D eigenvalue weighted by atomic mass is 35.5. The van der Waals surface area contributed by atoms with Crippen molar-refractivity contribution in [2.45, 2.75) is 38.8 Å². The van der Waals surface area contributed by atoms with E-state index < -0.39 is 0 Å². The van der Waals surface area contributed by atoms with Crippen LogP contribution in [0.4, 0.5) is 11.6 Å². The lowest BCUT2D eigenvalue weighted by Crippen LogP contribution is -2.28. The lowest BCUT2D eigenvalue weighted by molar-refractivity contribution is -0.147. The summed E-state index contributed by atoms with van der Waals surface area (Å²) in [6, 6.07) is 9.29. The molecule has 30 heavy (non-hydrogen) atoms. The molecule has 3 aromatic rings. The predicted molar refractivity (Wildman–Crippen MR) is 120 cm³/mol. The number of esters is 1. The summed E-state index contributed by atoms with van der Waals surface area (Å²) in [5.74, 6) is 0.852.